The molecular weight excluding hydrogens is 296 g/mol. The van der Waals surface area contributed by atoms with Gasteiger partial charge in [-0.15, -0.1) is 22.7 Å². The van der Waals surface area contributed by atoms with Crippen molar-refractivity contribution >= 4 is 34.2 Å². The fraction of sp³-hybridized carbons (Fsp3) is 0.286. The van der Waals surface area contributed by atoms with Crippen molar-refractivity contribution in [2.75, 3.05) is 0 Å². The summed E-state index contributed by atoms with van der Waals surface area (Å²) in [6, 6.07) is 1.59. The van der Waals surface area contributed by atoms with Gasteiger partial charge in [0.05, 0.1) is 27.5 Å². The van der Waals surface area contributed by atoms with Crippen molar-refractivity contribution in [3.05, 3.63) is 42.8 Å². The summed E-state index contributed by atoms with van der Waals surface area (Å²) in [5.41, 5.74) is 1.19. The van der Waals surface area contributed by atoms with Crippen molar-refractivity contribution < 1.29 is 19.8 Å². The Morgan fingerprint density at radius 2 is 1.75 bits per heavy atom. The van der Waals surface area contributed by atoms with Gasteiger partial charge < -0.3 is 10.2 Å². The molecule has 0 spiro atoms. The SMILES string of the molecule is C[C@H](O)c1csc2c1C(=O)c1sc([C@@H](C)O)cc1C2=O. The molecule has 2 aromatic heterocycles. The molecule has 0 aliphatic heterocycles. The van der Waals surface area contributed by atoms with E-state index in [4.69, 9.17) is 0 Å². The highest BCUT2D eigenvalue weighted by molar-refractivity contribution is 7.16. The van der Waals surface area contributed by atoms with E-state index in [0.29, 0.717) is 31.3 Å². The molecule has 2 heterocycles. The first-order valence-electron chi connectivity index (χ1n) is 6.12. The van der Waals surface area contributed by atoms with Crippen LogP contribution in [-0.4, -0.2) is 21.8 Å². The quantitative estimate of drug-likeness (QED) is 0.763. The molecule has 0 saturated heterocycles. The molecule has 0 bridgehead atoms. The summed E-state index contributed by atoms with van der Waals surface area (Å²) in [6.45, 7) is 3.18. The lowest BCUT2D eigenvalue weighted by Gasteiger charge is -2.12. The lowest BCUT2D eigenvalue weighted by molar-refractivity contribution is 0.0982. The molecule has 0 fully saturated rings. The van der Waals surface area contributed by atoms with E-state index in [9.17, 15) is 19.8 Å². The van der Waals surface area contributed by atoms with Gasteiger partial charge in [0.15, 0.2) is 0 Å². The van der Waals surface area contributed by atoms with Crippen LogP contribution in [0.25, 0.3) is 0 Å². The first-order chi connectivity index (χ1) is 9.41. The molecular formula is C14H12O4S2. The summed E-state index contributed by atoms with van der Waals surface area (Å²) in [6.07, 6.45) is -1.50. The maximum Gasteiger partial charge on any atom is 0.205 e. The van der Waals surface area contributed by atoms with Crippen LogP contribution in [0, 0.1) is 0 Å². The monoisotopic (exact) mass is 308 g/mol. The average Bonchev–Trinajstić information content (AvgIpc) is 3.00. The molecule has 4 nitrogen and oxygen atoms in total. The highest BCUT2D eigenvalue weighted by atomic mass is 32.1. The van der Waals surface area contributed by atoms with Crippen molar-refractivity contribution in [2.45, 2.75) is 26.1 Å². The summed E-state index contributed by atoms with van der Waals surface area (Å²) in [7, 11) is 0. The van der Waals surface area contributed by atoms with Gasteiger partial charge >= 0.3 is 0 Å². The third kappa shape index (κ3) is 1.80. The van der Waals surface area contributed by atoms with Crippen molar-refractivity contribution in [3.63, 3.8) is 0 Å². The third-order valence-electron chi connectivity index (χ3n) is 3.32. The fourth-order valence-electron chi connectivity index (χ4n) is 2.27. The molecule has 6 heteroatoms. The van der Waals surface area contributed by atoms with Crippen LogP contribution >= 0.6 is 22.7 Å². The predicted molar refractivity (Wildman–Crippen MR) is 76.8 cm³/mol. The normalized spacial score (nSPS) is 16.8. The number of aliphatic hydroxyl groups is 2. The second-order valence-electron chi connectivity index (χ2n) is 4.80. The van der Waals surface area contributed by atoms with Gasteiger partial charge in [0.1, 0.15) is 0 Å². The third-order valence-corrected chi connectivity index (χ3v) is 5.62. The zero-order valence-electron chi connectivity index (χ0n) is 10.8. The number of hydrogen-bond donors (Lipinski definition) is 2. The molecule has 0 saturated carbocycles. The zero-order valence-corrected chi connectivity index (χ0v) is 12.5. The topological polar surface area (TPSA) is 74.6 Å². The minimum atomic E-state index is -0.788. The predicted octanol–water partition coefficient (Wildman–Crippen LogP) is 2.69. The molecule has 0 unspecified atom stereocenters. The first-order valence-corrected chi connectivity index (χ1v) is 7.82. The number of hydrogen-bond acceptors (Lipinski definition) is 6. The number of rotatable bonds is 2. The van der Waals surface area contributed by atoms with Gasteiger partial charge in [0.2, 0.25) is 11.6 Å². The van der Waals surface area contributed by atoms with Crippen LogP contribution in [0.4, 0.5) is 0 Å². The van der Waals surface area contributed by atoms with Crippen LogP contribution in [0.3, 0.4) is 0 Å². The van der Waals surface area contributed by atoms with Crippen molar-refractivity contribution in [1.29, 1.82) is 0 Å². The lowest BCUT2D eigenvalue weighted by Crippen LogP contribution is -2.18. The van der Waals surface area contributed by atoms with Gasteiger partial charge in [-0.05, 0) is 25.3 Å². The average molecular weight is 308 g/mol. The van der Waals surface area contributed by atoms with E-state index in [1.807, 2.05) is 0 Å². The molecule has 3 rings (SSSR count). The number of carbonyl (C=O) groups is 2. The lowest BCUT2D eigenvalue weighted by atomic mass is 9.91. The van der Waals surface area contributed by atoms with Gasteiger partial charge in [-0.25, -0.2) is 0 Å². The molecule has 104 valence electrons. The Morgan fingerprint density at radius 3 is 2.35 bits per heavy atom. The summed E-state index contributed by atoms with van der Waals surface area (Å²) in [4.78, 5) is 26.3. The van der Waals surface area contributed by atoms with Crippen molar-refractivity contribution in [2.24, 2.45) is 0 Å². The summed E-state index contributed by atoms with van der Waals surface area (Å²) in [5.74, 6) is -0.432. The second-order valence-corrected chi connectivity index (χ2v) is 6.76. The van der Waals surface area contributed by atoms with Crippen molar-refractivity contribution in [3.8, 4) is 0 Å². The standard InChI is InChI=1S/C14H12O4S2/c1-5(15)8-4-19-14-10(8)12(18)13-7(11(14)17)3-9(20-13)6(2)16/h3-6,15-16H,1-2H3/t5-,6+/m0/s1. The number of ketones is 2. The molecule has 2 aromatic rings. The van der Waals surface area contributed by atoms with Crippen molar-refractivity contribution in [1.82, 2.24) is 0 Å². The van der Waals surface area contributed by atoms with Gasteiger partial charge in [-0.1, -0.05) is 0 Å². The largest absolute Gasteiger partial charge is 0.389 e. The first kappa shape index (κ1) is 13.6. The smallest absolute Gasteiger partial charge is 0.205 e. The van der Waals surface area contributed by atoms with Gasteiger partial charge in [0, 0.05) is 16.0 Å². The van der Waals surface area contributed by atoms with Crippen LogP contribution in [-0.2, 0) is 0 Å². The van der Waals surface area contributed by atoms with Gasteiger partial charge in [-0.2, -0.15) is 0 Å². The number of fused-ring (bicyclic) bond motifs is 2. The van der Waals surface area contributed by atoms with Gasteiger partial charge in [0.25, 0.3) is 0 Å². The van der Waals surface area contributed by atoms with E-state index in [0.717, 1.165) is 11.3 Å². The maximum atomic E-state index is 12.5. The number of aliphatic hydroxyl groups excluding tert-OH is 2. The summed E-state index contributed by atoms with van der Waals surface area (Å²) in [5, 5.41) is 21.0. The molecule has 0 aromatic carbocycles. The molecule has 0 radical (unpaired) electrons. The van der Waals surface area contributed by atoms with E-state index in [1.165, 1.54) is 11.3 Å². The molecule has 0 amide bonds. The Bertz CT molecular complexity index is 718. The summed E-state index contributed by atoms with van der Waals surface area (Å²) >= 11 is 2.33. The fourth-order valence-corrected chi connectivity index (χ4v) is 4.41. The molecule has 20 heavy (non-hydrogen) atoms. The van der Waals surface area contributed by atoms with Crippen LogP contribution in [0.2, 0.25) is 0 Å². The van der Waals surface area contributed by atoms with E-state index in [1.54, 1.807) is 25.3 Å². The Kier molecular flexibility index (Phi) is 3.13. The maximum absolute atomic E-state index is 12.5. The zero-order chi connectivity index (χ0) is 14.6. The van der Waals surface area contributed by atoms with E-state index < -0.39 is 12.2 Å². The van der Waals surface area contributed by atoms with Crippen LogP contribution in [0.15, 0.2) is 11.4 Å². The number of thiophene rings is 2. The minimum Gasteiger partial charge on any atom is -0.389 e. The number of carbonyl (C=O) groups excluding carboxylic acids is 2. The second kappa shape index (κ2) is 4.60. The molecule has 1 aliphatic rings. The molecule has 2 N–H and O–H groups in total. The van der Waals surface area contributed by atoms with Crippen LogP contribution in [0.1, 0.15) is 67.0 Å². The minimum absolute atomic E-state index is 0.199. The highest BCUT2D eigenvalue weighted by Gasteiger charge is 2.36. The highest BCUT2D eigenvalue weighted by Crippen LogP contribution is 2.40. The summed E-state index contributed by atoms with van der Waals surface area (Å²) < 4.78 is 0. The van der Waals surface area contributed by atoms with Crippen LogP contribution < -0.4 is 0 Å². The Morgan fingerprint density at radius 1 is 1.05 bits per heavy atom. The van der Waals surface area contributed by atoms with E-state index in [2.05, 4.69) is 0 Å². The van der Waals surface area contributed by atoms with E-state index in [-0.39, 0.29) is 11.6 Å². The Labute approximate surface area is 123 Å². The Hall–Kier alpha value is -1.34. The Balaban J connectivity index is 2.21. The van der Waals surface area contributed by atoms with Crippen LogP contribution in [0.5, 0.6) is 0 Å². The van der Waals surface area contributed by atoms with E-state index >= 15 is 0 Å². The molecule has 1 aliphatic carbocycles. The molecule has 2 atom stereocenters. The van der Waals surface area contributed by atoms with Gasteiger partial charge in [-0.3, -0.25) is 9.59 Å².